The summed E-state index contributed by atoms with van der Waals surface area (Å²) >= 11 is 1.65. The number of aromatic carboxylic acids is 1. The average Bonchev–Trinajstić information content (AvgIpc) is 3.07. The normalized spacial score (nSPS) is 10.2. The Labute approximate surface area is 119 Å². The zero-order valence-electron chi connectivity index (χ0n) is 10.6. The number of carboxylic acids is 1. The lowest BCUT2D eigenvalue weighted by atomic mass is 10.3. The summed E-state index contributed by atoms with van der Waals surface area (Å²) in [5, 5.41) is 16.0. The van der Waals surface area contributed by atoms with Crippen LogP contribution in [0.5, 0.6) is 0 Å². The first-order chi connectivity index (χ1) is 9.65. The molecule has 20 heavy (non-hydrogen) atoms. The molecule has 0 spiro atoms. The Bertz CT molecular complexity index is 577. The van der Waals surface area contributed by atoms with Gasteiger partial charge in [-0.1, -0.05) is 6.07 Å². The second-order valence-electron chi connectivity index (χ2n) is 4.01. The maximum Gasteiger partial charge on any atom is 0.371 e. The van der Waals surface area contributed by atoms with Gasteiger partial charge in [-0.15, -0.1) is 11.3 Å². The van der Waals surface area contributed by atoms with Crippen LogP contribution in [-0.2, 0) is 13.0 Å². The molecule has 2 aromatic rings. The molecule has 0 aliphatic rings. The van der Waals surface area contributed by atoms with Crippen molar-refractivity contribution in [3.05, 3.63) is 46.0 Å². The number of hydrogen-bond acceptors (Lipinski definition) is 4. The van der Waals surface area contributed by atoms with Crippen molar-refractivity contribution in [2.45, 2.75) is 13.0 Å². The van der Waals surface area contributed by atoms with Crippen molar-refractivity contribution in [1.82, 2.24) is 10.6 Å². The van der Waals surface area contributed by atoms with Crippen molar-refractivity contribution in [3.8, 4) is 0 Å². The number of carboxylic acid groups (broad SMARTS) is 1. The fourth-order valence-corrected chi connectivity index (χ4v) is 2.28. The highest BCUT2D eigenvalue weighted by Crippen LogP contribution is 2.08. The van der Waals surface area contributed by atoms with Crippen molar-refractivity contribution in [2.75, 3.05) is 6.54 Å². The highest BCUT2D eigenvalue weighted by atomic mass is 32.1. The molecular weight excluding hydrogens is 280 g/mol. The molecule has 0 aliphatic heterocycles. The third-order valence-electron chi connectivity index (χ3n) is 2.53. The average molecular weight is 294 g/mol. The Morgan fingerprint density at radius 1 is 1.25 bits per heavy atom. The summed E-state index contributed by atoms with van der Waals surface area (Å²) in [5.41, 5.74) is 0. The van der Waals surface area contributed by atoms with Gasteiger partial charge < -0.3 is 20.2 Å². The Balaban J connectivity index is 1.67. The lowest BCUT2D eigenvalue weighted by molar-refractivity contribution is 0.0660. The molecule has 0 radical (unpaired) electrons. The van der Waals surface area contributed by atoms with Crippen LogP contribution < -0.4 is 10.6 Å². The number of carbonyl (C=O) groups excluding carboxylic acids is 1. The third-order valence-corrected chi connectivity index (χ3v) is 3.47. The van der Waals surface area contributed by atoms with Gasteiger partial charge in [0.25, 0.3) is 0 Å². The molecule has 106 valence electrons. The standard InChI is InChI=1S/C13H14N2O4S/c16-12(17)11-4-3-9(19-11)8-15-13(18)14-6-5-10-2-1-7-20-10/h1-4,7H,5-6,8H2,(H,16,17)(H2,14,15,18). The summed E-state index contributed by atoms with van der Waals surface area (Å²) in [7, 11) is 0. The zero-order chi connectivity index (χ0) is 14.4. The van der Waals surface area contributed by atoms with E-state index in [-0.39, 0.29) is 18.3 Å². The molecule has 0 saturated carbocycles. The Hall–Kier alpha value is -2.28. The Kier molecular flexibility index (Phi) is 4.78. The smallest absolute Gasteiger partial charge is 0.371 e. The van der Waals surface area contributed by atoms with E-state index in [1.165, 1.54) is 17.0 Å². The van der Waals surface area contributed by atoms with Gasteiger partial charge in [-0.25, -0.2) is 9.59 Å². The number of amides is 2. The molecule has 0 bridgehead atoms. The highest BCUT2D eigenvalue weighted by molar-refractivity contribution is 7.09. The van der Waals surface area contributed by atoms with Crippen molar-refractivity contribution >= 4 is 23.3 Å². The topological polar surface area (TPSA) is 91.6 Å². The molecule has 2 aromatic heterocycles. The van der Waals surface area contributed by atoms with E-state index in [2.05, 4.69) is 10.6 Å². The number of thiophene rings is 1. The van der Waals surface area contributed by atoms with E-state index >= 15 is 0 Å². The summed E-state index contributed by atoms with van der Waals surface area (Å²) in [4.78, 5) is 23.3. The monoisotopic (exact) mass is 294 g/mol. The maximum atomic E-state index is 11.5. The van der Waals surface area contributed by atoms with Crippen LogP contribution in [0.15, 0.2) is 34.1 Å². The zero-order valence-corrected chi connectivity index (χ0v) is 11.4. The molecule has 3 N–H and O–H groups in total. The summed E-state index contributed by atoms with van der Waals surface area (Å²) < 4.78 is 5.02. The van der Waals surface area contributed by atoms with Gasteiger partial charge in [0, 0.05) is 11.4 Å². The van der Waals surface area contributed by atoms with E-state index in [0.717, 1.165) is 6.42 Å². The molecule has 7 heteroatoms. The maximum absolute atomic E-state index is 11.5. The van der Waals surface area contributed by atoms with E-state index in [0.29, 0.717) is 12.3 Å². The van der Waals surface area contributed by atoms with Gasteiger partial charge in [0.15, 0.2) is 0 Å². The summed E-state index contributed by atoms with van der Waals surface area (Å²) in [5.74, 6) is -0.868. The van der Waals surface area contributed by atoms with Gasteiger partial charge in [0.05, 0.1) is 6.54 Å². The molecule has 0 atom stereocenters. The summed E-state index contributed by atoms with van der Waals surface area (Å²) in [6, 6.07) is 6.55. The van der Waals surface area contributed by atoms with Crippen LogP contribution in [0.25, 0.3) is 0 Å². The SMILES string of the molecule is O=C(NCCc1cccs1)NCc1ccc(C(=O)O)o1. The molecule has 2 heterocycles. The Morgan fingerprint density at radius 2 is 2.10 bits per heavy atom. The van der Waals surface area contributed by atoms with E-state index in [4.69, 9.17) is 9.52 Å². The largest absolute Gasteiger partial charge is 0.475 e. The Morgan fingerprint density at radius 3 is 2.75 bits per heavy atom. The van der Waals surface area contributed by atoms with Crippen LogP contribution >= 0.6 is 11.3 Å². The molecule has 0 aromatic carbocycles. The minimum Gasteiger partial charge on any atom is -0.475 e. The lowest BCUT2D eigenvalue weighted by Gasteiger charge is -2.05. The molecule has 6 nitrogen and oxygen atoms in total. The van der Waals surface area contributed by atoms with Crippen molar-refractivity contribution < 1.29 is 19.1 Å². The fraction of sp³-hybridized carbons (Fsp3) is 0.231. The predicted octanol–water partition coefficient (Wildman–Crippen LogP) is 2.08. The van der Waals surface area contributed by atoms with Crippen LogP contribution in [0.1, 0.15) is 21.2 Å². The van der Waals surface area contributed by atoms with Crippen LogP contribution in [0, 0.1) is 0 Å². The van der Waals surface area contributed by atoms with E-state index < -0.39 is 5.97 Å². The van der Waals surface area contributed by atoms with Gasteiger partial charge in [0.1, 0.15) is 5.76 Å². The van der Waals surface area contributed by atoms with Crippen LogP contribution in [0.2, 0.25) is 0 Å². The van der Waals surface area contributed by atoms with Crippen molar-refractivity contribution in [3.63, 3.8) is 0 Å². The number of nitrogens with one attached hydrogen (secondary N) is 2. The third kappa shape index (κ3) is 4.13. The molecule has 0 unspecified atom stereocenters. The minimum atomic E-state index is -1.13. The van der Waals surface area contributed by atoms with Crippen molar-refractivity contribution in [2.24, 2.45) is 0 Å². The van der Waals surface area contributed by atoms with E-state index in [9.17, 15) is 9.59 Å². The first-order valence-electron chi connectivity index (χ1n) is 6.01. The van der Waals surface area contributed by atoms with Crippen LogP contribution in [0.4, 0.5) is 4.79 Å². The molecule has 0 fully saturated rings. The summed E-state index contributed by atoms with van der Waals surface area (Å²) in [6.07, 6.45) is 0.787. The lowest BCUT2D eigenvalue weighted by Crippen LogP contribution is -2.36. The second-order valence-corrected chi connectivity index (χ2v) is 5.04. The van der Waals surface area contributed by atoms with Gasteiger partial charge in [-0.05, 0) is 30.0 Å². The molecular formula is C13H14N2O4S. The summed E-state index contributed by atoms with van der Waals surface area (Å²) in [6.45, 7) is 0.697. The second kappa shape index (κ2) is 6.76. The van der Waals surface area contributed by atoms with E-state index in [1.54, 1.807) is 11.3 Å². The molecule has 2 amide bonds. The minimum absolute atomic E-state index is 0.139. The molecule has 0 aliphatic carbocycles. The van der Waals surface area contributed by atoms with E-state index in [1.807, 2.05) is 17.5 Å². The first kappa shape index (κ1) is 14.1. The quantitative estimate of drug-likeness (QED) is 0.760. The van der Waals surface area contributed by atoms with Crippen molar-refractivity contribution in [1.29, 1.82) is 0 Å². The molecule has 0 saturated heterocycles. The number of rotatable bonds is 6. The number of furan rings is 1. The highest BCUT2D eigenvalue weighted by Gasteiger charge is 2.09. The van der Waals surface area contributed by atoms with Gasteiger partial charge >= 0.3 is 12.0 Å². The first-order valence-corrected chi connectivity index (χ1v) is 6.89. The van der Waals surface area contributed by atoms with Gasteiger partial charge in [-0.2, -0.15) is 0 Å². The van der Waals surface area contributed by atoms with Crippen LogP contribution in [0.3, 0.4) is 0 Å². The van der Waals surface area contributed by atoms with Gasteiger partial charge in [-0.3, -0.25) is 0 Å². The fourth-order valence-electron chi connectivity index (χ4n) is 1.57. The van der Waals surface area contributed by atoms with Gasteiger partial charge in [0.2, 0.25) is 5.76 Å². The van der Waals surface area contributed by atoms with Crippen LogP contribution in [-0.4, -0.2) is 23.7 Å². The predicted molar refractivity (Wildman–Crippen MR) is 73.9 cm³/mol. The molecule has 2 rings (SSSR count). The number of hydrogen-bond donors (Lipinski definition) is 3. The number of carbonyl (C=O) groups is 2. The number of urea groups is 1.